The van der Waals surface area contributed by atoms with E-state index in [0.29, 0.717) is 0 Å². The summed E-state index contributed by atoms with van der Waals surface area (Å²) >= 11 is 0. The number of alkyl carbamates (subject to hydrolysis) is 1. The Morgan fingerprint density at radius 2 is 1.70 bits per heavy atom. The molecular weight excluding hydrogens is 340 g/mol. The van der Waals surface area contributed by atoms with Gasteiger partial charge in [-0.3, -0.25) is 4.79 Å². The van der Waals surface area contributed by atoms with Crippen LogP contribution in [0, 0.1) is 11.3 Å². The second kappa shape index (κ2) is 9.77. The van der Waals surface area contributed by atoms with Crippen molar-refractivity contribution in [2.45, 2.75) is 78.5 Å². The van der Waals surface area contributed by atoms with Crippen LogP contribution >= 0.6 is 0 Å². The van der Waals surface area contributed by atoms with E-state index in [1.54, 1.807) is 0 Å². The van der Waals surface area contributed by atoms with Gasteiger partial charge in [-0.1, -0.05) is 70.4 Å². The fraction of sp³-hybridized carbons (Fsp3) is 0.636. The molecule has 0 aliphatic heterocycles. The third-order valence-corrected chi connectivity index (χ3v) is 5.55. The summed E-state index contributed by atoms with van der Waals surface area (Å²) in [6.07, 6.45) is 4.78. The molecule has 5 nitrogen and oxygen atoms in total. The lowest BCUT2D eigenvalue weighted by molar-refractivity contribution is -0.126. The molecule has 1 aliphatic rings. The van der Waals surface area contributed by atoms with Gasteiger partial charge in [-0.2, -0.15) is 0 Å². The van der Waals surface area contributed by atoms with Crippen molar-refractivity contribution in [3.05, 3.63) is 35.9 Å². The SMILES string of the molecule is C[C@@H](NC(=O)C(NC(=O)OCc1ccccc1)C1CCCCC1)C(C)(C)C. The minimum atomic E-state index is -0.543. The van der Waals surface area contributed by atoms with Crippen LogP contribution in [-0.4, -0.2) is 24.1 Å². The molecule has 1 aromatic rings. The molecule has 0 heterocycles. The lowest BCUT2D eigenvalue weighted by atomic mass is 9.82. The van der Waals surface area contributed by atoms with E-state index in [1.165, 1.54) is 6.42 Å². The van der Waals surface area contributed by atoms with Gasteiger partial charge in [0.2, 0.25) is 5.91 Å². The number of carbonyl (C=O) groups is 2. The predicted molar refractivity (Wildman–Crippen MR) is 107 cm³/mol. The van der Waals surface area contributed by atoms with Crippen LogP contribution < -0.4 is 10.6 Å². The van der Waals surface area contributed by atoms with E-state index < -0.39 is 12.1 Å². The average Bonchev–Trinajstić information content (AvgIpc) is 2.65. The number of benzene rings is 1. The smallest absolute Gasteiger partial charge is 0.408 e. The van der Waals surface area contributed by atoms with E-state index in [0.717, 1.165) is 31.2 Å². The molecule has 2 rings (SSSR count). The van der Waals surface area contributed by atoms with Gasteiger partial charge in [0.1, 0.15) is 12.6 Å². The lowest BCUT2D eigenvalue weighted by Gasteiger charge is -2.33. The first-order chi connectivity index (χ1) is 12.8. The Bertz CT molecular complexity index is 604. The van der Waals surface area contributed by atoms with Gasteiger partial charge in [0, 0.05) is 6.04 Å². The van der Waals surface area contributed by atoms with E-state index >= 15 is 0 Å². The number of ether oxygens (including phenoxy) is 1. The molecule has 1 unspecified atom stereocenters. The maximum atomic E-state index is 12.9. The highest BCUT2D eigenvalue weighted by atomic mass is 16.5. The van der Waals surface area contributed by atoms with Gasteiger partial charge >= 0.3 is 6.09 Å². The van der Waals surface area contributed by atoms with Gasteiger partial charge in [0.25, 0.3) is 0 Å². The minimum absolute atomic E-state index is 0.0122. The topological polar surface area (TPSA) is 67.4 Å². The third kappa shape index (κ3) is 6.89. The molecule has 0 saturated heterocycles. The summed E-state index contributed by atoms with van der Waals surface area (Å²) in [7, 11) is 0. The normalized spacial score (nSPS) is 17.6. The van der Waals surface area contributed by atoms with Crippen LogP contribution in [-0.2, 0) is 16.1 Å². The molecule has 27 heavy (non-hydrogen) atoms. The Balaban J connectivity index is 1.98. The van der Waals surface area contributed by atoms with E-state index in [-0.39, 0.29) is 29.9 Å². The molecule has 1 aliphatic carbocycles. The van der Waals surface area contributed by atoms with Crippen molar-refractivity contribution >= 4 is 12.0 Å². The highest BCUT2D eigenvalue weighted by Gasteiger charge is 2.33. The van der Waals surface area contributed by atoms with Crippen LogP contribution in [0.15, 0.2) is 30.3 Å². The van der Waals surface area contributed by atoms with Crippen LogP contribution in [0.25, 0.3) is 0 Å². The zero-order chi connectivity index (χ0) is 19.9. The Hall–Kier alpha value is -2.04. The number of nitrogens with one attached hydrogen (secondary N) is 2. The fourth-order valence-corrected chi connectivity index (χ4v) is 3.28. The van der Waals surface area contributed by atoms with Gasteiger partial charge in [-0.25, -0.2) is 4.79 Å². The van der Waals surface area contributed by atoms with E-state index in [9.17, 15) is 9.59 Å². The summed E-state index contributed by atoms with van der Waals surface area (Å²) in [6, 6.07) is 9.01. The Labute approximate surface area is 163 Å². The number of carbonyl (C=O) groups excluding carboxylic acids is 2. The van der Waals surface area contributed by atoms with Crippen molar-refractivity contribution in [2.75, 3.05) is 0 Å². The van der Waals surface area contributed by atoms with Crippen molar-refractivity contribution in [2.24, 2.45) is 11.3 Å². The monoisotopic (exact) mass is 374 g/mol. The molecule has 1 fully saturated rings. The van der Waals surface area contributed by atoms with Crippen LogP contribution in [0.4, 0.5) is 4.79 Å². The lowest BCUT2D eigenvalue weighted by Crippen LogP contribution is -2.55. The number of amides is 2. The van der Waals surface area contributed by atoms with Gasteiger partial charge < -0.3 is 15.4 Å². The second-order valence-electron chi connectivity index (χ2n) is 8.68. The molecule has 2 N–H and O–H groups in total. The zero-order valence-electron chi connectivity index (χ0n) is 17.1. The third-order valence-electron chi connectivity index (χ3n) is 5.55. The maximum Gasteiger partial charge on any atom is 0.408 e. The highest BCUT2D eigenvalue weighted by molar-refractivity contribution is 5.86. The van der Waals surface area contributed by atoms with Crippen molar-refractivity contribution in [3.8, 4) is 0 Å². The molecule has 0 bridgehead atoms. The summed E-state index contributed by atoms with van der Waals surface area (Å²) in [5, 5.41) is 5.93. The van der Waals surface area contributed by atoms with Crippen LogP contribution in [0.1, 0.15) is 65.4 Å². The first-order valence-electron chi connectivity index (χ1n) is 10.0. The fourth-order valence-electron chi connectivity index (χ4n) is 3.28. The average molecular weight is 375 g/mol. The Morgan fingerprint density at radius 1 is 1.07 bits per heavy atom. The van der Waals surface area contributed by atoms with Crippen molar-refractivity contribution in [1.82, 2.24) is 10.6 Å². The van der Waals surface area contributed by atoms with E-state index in [4.69, 9.17) is 4.74 Å². The molecule has 2 atom stereocenters. The second-order valence-corrected chi connectivity index (χ2v) is 8.68. The predicted octanol–water partition coefficient (Wildman–Crippen LogP) is 4.41. The summed E-state index contributed by atoms with van der Waals surface area (Å²) in [4.78, 5) is 25.3. The van der Waals surface area contributed by atoms with Crippen LogP contribution in [0.2, 0.25) is 0 Å². The quantitative estimate of drug-likeness (QED) is 0.775. The summed E-state index contributed by atoms with van der Waals surface area (Å²) in [5.41, 5.74) is 0.883. The van der Waals surface area contributed by atoms with E-state index in [2.05, 4.69) is 31.4 Å². The van der Waals surface area contributed by atoms with Crippen LogP contribution in [0.5, 0.6) is 0 Å². The molecule has 1 saturated carbocycles. The van der Waals surface area contributed by atoms with E-state index in [1.807, 2.05) is 37.3 Å². The minimum Gasteiger partial charge on any atom is -0.445 e. The molecular formula is C22H34N2O3. The van der Waals surface area contributed by atoms with Crippen LogP contribution in [0.3, 0.4) is 0 Å². The van der Waals surface area contributed by atoms with Crippen molar-refractivity contribution < 1.29 is 14.3 Å². The number of hydrogen-bond acceptors (Lipinski definition) is 3. The molecule has 0 aromatic heterocycles. The van der Waals surface area contributed by atoms with Crippen molar-refractivity contribution in [3.63, 3.8) is 0 Å². The van der Waals surface area contributed by atoms with Gasteiger partial charge in [0.05, 0.1) is 0 Å². The molecule has 1 aromatic carbocycles. The molecule has 0 spiro atoms. The molecule has 5 heteroatoms. The van der Waals surface area contributed by atoms with Gasteiger partial charge in [-0.05, 0) is 36.7 Å². The standard InChI is InChI=1S/C22H34N2O3/c1-16(22(2,3)4)23-20(25)19(18-13-9-6-10-14-18)24-21(26)27-15-17-11-7-5-8-12-17/h5,7-8,11-12,16,18-19H,6,9-10,13-15H2,1-4H3,(H,23,25)(H,24,26)/t16-,19?/m1/s1. The first-order valence-corrected chi connectivity index (χ1v) is 10.0. The zero-order valence-corrected chi connectivity index (χ0v) is 17.1. The largest absolute Gasteiger partial charge is 0.445 e. The van der Waals surface area contributed by atoms with Crippen molar-refractivity contribution in [1.29, 1.82) is 0 Å². The Kier molecular flexibility index (Phi) is 7.69. The molecule has 0 radical (unpaired) electrons. The summed E-state index contributed by atoms with van der Waals surface area (Å²) in [5.74, 6) is 0.0520. The van der Waals surface area contributed by atoms with Gasteiger partial charge in [0.15, 0.2) is 0 Å². The number of hydrogen-bond donors (Lipinski definition) is 2. The molecule has 2 amide bonds. The Morgan fingerprint density at radius 3 is 2.30 bits per heavy atom. The summed E-state index contributed by atoms with van der Waals surface area (Å²) in [6.45, 7) is 8.48. The number of rotatable bonds is 6. The first kappa shape index (κ1) is 21.3. The summed E-state index contributed by atoms with van der Waals surface area (Å²) < 4.78 is 5.34. The maximum absolute atomic E-state index is 12.9. The molecule has 150 valence electrons. The highest BCUT2D eigenvalue weighted by Crippen LogP contribution is 2.27. The van der Waals surface area contributed by atoms with Gasteiger partial charge in [-0.15, -0.1) is 0 Å².